The van der Waals surface area contributed by atoms with Gasteiger partial charge in [0.25, 0.3) is 0 Å². The second-order valence-electron chi connectivity index (χ2n) is 1.10. The number of aromatic carboxylic acids is 1. The van der Waals surface area contributed by atoms with Gasteiger partial charge in [0.2, 0.25) is 5.69 Å². The van der Waals surface area contributed by atoms with Crippen LogP contribution in [0.4, 0.5) is 0 Å². The average Bonchev–Trinajstić information content (AvgIpc) is 2.12. The van der Waals surface area contributed by atoms with Crippen molar-refractivity contribution in [3.8, 4) is 0 Å². The van der Waals surface area contributed by atoms with E-state index < -0.39 is 5.97 Å². The van der Waals surface area contributed by atoms with Crippen molar-refractivity contribution in [2.24, 2.45) is 0 Å². The third-order valence-electron chi connectivity index (χ3n) is 0.580. The van der Waals surface area contributed by atoms with E-state index in [2.05, 4.69) is 14.9 Å². The molecule has 0 aliphatic heterocycles. The predicted molar refractivity (Wildman–Crippen MR) is 28.5 cm³/mol. The first-order valence-electron chi connectivity index (χ1n) is 1.81. The second-order valence-corrected chi connectivity index (χ2v) is 1.10. The Kier molecular flexibility index (Phi) is 2.66. The highest BCUT2D eigenvalue weighted by Crippen LogP contribution is 1.87. The van der Waals surface area contributed by atoms with Gasteiger partial charge < -0.3 is 5.11 Å². The first kappa shape index (κ1) is 7.90. The summed E-state index contributed by atoms with van der Waals surface area (Å²) < 4.78 is 3.99. The molecular weight excluding hydrogens is 147 g/mol. The SMILES string of the molecule is Cl.O=C(O)c1cnon1. The van der Waals surface area contributed by atoms with Crippen LogP contribution in [0.5, 0.6) is 0 Å². The van der Waals surface area contributed by atoms with Gasteiger partial charge in [-0.1, -0.05) is 5.16 Å². The molecule has 1 aromatic heterocycles. The molecule has 0 bridgehead atoms. The maximum atomic E-state index is 9.90. The molecule has 5 nitrogen and oxygen atoms in total. The third-order valence-corrected chi connectivity index (χ3v) is 0.580. The molecule has 50 valence electrons. The van der Waals surface area contributed by atoms with E-state index in [4.69, 9.17) is 5.11 Å². The Hall–Kier alpha value is -1.10. The maximum Gasteiger partial charge on any atom is 0.359 e. The van der Waals surface area contributed by atoms with Gasteiger partial charge in [0.05, 0.1) is 0 Å². The molecule has 0 fully saturated rings. The first-order chi connectivity index (χ1) is 3.80. The third kappa shape index (κ3) is 1.69. The van der Waals surface area contributed by atoms with Gasteiger partial charge >= 0.3 is 5.97 Å². The van der Waals surface area contributed by atoms with Gasteiger partial charge in [0.1, 0.15) is 6.20 Å². The number of hydrogen-bond donors (Lipinski definition) is 1. The normalized spacial score (nSPS) is 8.00. The fraction of sp³-hybridized carbons (Fsp3) is 0. The Morgan fingerprint density at radius 3 is 2.67 bits per heavy atom. The molecule has 0 spiro atoms. The predicted octanol–water partition coefficient (Wildman–Crippen LogP) is 0.190. The summed E-state index contributed by atoms with van der Waals surface area (Å²) in [5.41, 5.74) is -0.176. The quantitative estimate of drug-likeness (QED) is 0.619. The molecule has 1 rings (SSSR count). The summed E-state index contributed by atoms with van der Waals surface area (Å²) in [6.07, 6.45) is 1.03. The zero-order valence-corrected chi connectivity index (χ0v) is 4.96. The highest BCUT2D eigenvalue weighted by atomic mass is 35.5. The summed E-state index contributed by atoms with van der Waals surface area (Å²) in [6.45, 7) is 0. The molecule has 0 radical (unpaired) electrons. The fourth-order valence-corrected chi connectivity index (χ4v) is 0.259. The van der Waals surface area contributed by atoms with Crippen LogP contribution in [0, 0.1) is 0 Å². The van der Waals surface area contributed by atoms with E-state index in [0.717, 1.165) is 6.20 Å². The van der Waals surface area contributed by atoms with Crippen molar-refractivity contribution < 1.29 is 14.5 Å². The largest absolute Gasteiger partial charge is 0.476 e. The highest BCUT2D eigenvalue weighted by molar-refractivity contribution is 5.85. The van der Waals surface area contributed by atoms with Crippen LogP contribution < -0.4 is 0 Å². The molecule has 0 saturated heterocycles. The molecule has 6 heteroatoms. The number of carboxylic acid groups (broad SMARTS) is 1. The fourth-order valence-electron chi connectivity index (χ4n) is 0.259. The molecule has 0 unspecified atom stereocenters. The van der Waals surface area contributed by atoms with Crippen molar-refractivity contribution in [2.75, 3.05) is 0 Å². The minimum Gasteiger partial charge on any atom is -0.476 e. The van der Waals surface area contributed by atoms with Gasteiger partial charge in [-0.15, -0.1) is 12.4 Å². The van der Waals surface area contributed by atoms with Crippen LogP contribution in [0.1, 0.15) is 10.5 Å². The van der Waals surface area contributed by atoms with Crippen LogP contribution >= 0.6 is 12.4 Å². The molecule has 0 aliphatic rings. The highest BCUT2D eigenvalue weighted by Gasteiger charge is 2.04. The Morgan fingerprint density at radius 2 is 2.44 bits per heavy atom. The van der Waals surface area contributed by atoms with Gasteiger partial charge in [0, 0.05) is 0 Å². The van der Waals surface area contributed by atoms with Crippen molar-refractivity contribution in [1.29, 1.82) is 0 Å². The molecule has 1 N–H and O–H groups in total. The van der Waals surface area contributed by atoms with Crippen LogP contribution in [0.15, 0.2) is 10.8 Å². The number of halogens is 1. The molecule has 9 heavy (non-hydrogen) atoms. The Labute approximate surface area is 56.0 Å². The van der Waals surface area contributed by atoms with Gasteiger partial charge in [0.15, 0.2) is 0 Å². The minimum absolute atomic E-state index is 0. The Morgan fingerprint density at radius 1 is 1.78 bits per heavy atom. The lowest BCUT2D eigenvalue weighted by Crippen LogP contribution is -1.94. The number of rotatable bonds is 1. The average molecular weight is 151 g/mol. The summed E-state index contributed by atoms with van der Waals surface area (Å²) in [6, 6.07) is 0. The topological polar surface area (TPSA) is 76.2 Å². The first-order valence-corrected chi connectivity index (χ1v) is 1.81. The van der Waals surface area contributed by atoms with E-state index in [9.17, 15) is 4.79 Å². The summed E-state index contributed by atoms with van der Waals surface area (Å²) in [4.78, 5) is 9.90. The van der Waals surface area contributed by atoms with Crippen LogP contribution in [-0.2, 0) is 0 Å². The number of carboxylic acids is 1. The Balaban J connectivity index is 0.000000640. The number of aromatic nitrogens is 2. The van der Waals surface area contributed by atoms with Crippen molar-refractivity contribution in [1.82, 2.24) is 10.3 Å². The van der Waals surface area contributed by atoms with E-state index in [1.807, 2.05) is 0 Å². The van der Waals surface area contributed by atoms with E-state index in [0.29, 0.717) is 0 Å². The standard InChI is InChI=1S/C3H2N2O3.ClH/c6-3(7)2-1-4-8-5-2;/h1H,(H,6,7);1H. The molecule has 0 saturated carbocycles. The van der Waals surface area contributed by atoms with Crippen molar-refractivity contribution in [3.05, 3.63) is 11.9 Å². The molecule has 0 aromatic carbocycles. The van der Waals surface area contributed by atoms with Gasteiger partial charge in [-0.25, -0.2) is 9.42 Å². The summed E-state index contributed by atoms with van der Waals surface area (Å²) >= 11 is 0. The van der Waals surface area contributed by atoms with Crippen LogP contribution in [0.25, 0.3) is 0 Å². The van der Waals surface area contributed by atoms with Gasteiger partial charge in [-0.05, 0) is 5.16 Å². The van der Waals surface area contributed by atoms with Crippen molar-refractivity contribution in [2.45, 2.75) is 0 Å². The van der Waals surface area contributed by atoms with Crippen LogP contribution in [0.2, 0.25) is 0 Å². The zero-order valence-electron chi connectivity index (χ0n) is 4.14. The molecule has 0 amide bonds. The summed E-state index contributed by atoms with van der Waals surface area (Å²) in [7, 11) is 0. The Bertz CT molecular complexity index is 185. The number of carbonyl (C=O) groups is 1. The van der Waals surface area contributed by atoms with E-state index in [1.165, 1.54) is 0 Å². The lowest BCUT2D eigenvalue weighted by atomic mass is 10.5. The maximum absolute atomic E-state index is 9.90. The molecular formula is C3H3ClN2O3. The van der Waals surface area contributed by atoms with Crippen molar-refractivity contribution in [3.63, 3.8) is 0 Å². The van der Waals surface area contributed by atoms with E-state index >= 15 is 0 Å². The van der Waals surface area contributed by atoms with Crippen molar-refractivity contribution >= 4 is 18.4 Å². The minimum atomic E-state index is -1.13. The zero-order chi connectivity index (χ0) is 5.98. The molecule has 1 heterocycles. The number of nitrogens with zero attached hydrogens (tertiary/aromatic N) is 2. The van der Waals surface area contributed by atoms with Crippen LogP contribution in [0.3, 0.4) is 0 Å². The second kappa shape index (κ2) is 3.03. The monoisotopic (exact) mass is 150 g/mol. The molecule has 0 aliphatic carbocycles. The number of hydrogen-bond acceptors (Lipinski definition) is 4. The summed E-state index contributed by atoms with van der Waals surface area (Å²) in [5.74, 6) is -1.13. The molecule has 0 atom stereocenters. The smallest absolute Gasteiger partial charge is 0.359 e. The molecule has 1 aromatic rings. The van der Waals surface area contributed by atoms with Gasteiger partial charge in [-0.3, -0.25) is 0 Å². The van der Waals surface area contributed by atoms with Gasteiger partial charge in [-0.2, -0.15) is 0 Å². The lowest BCUT2D eigenvalue weighted by Gasteiger charge is -1.73. The summed E-state index contributed by atoms with van der Waals surface area (Å²) in [5, 5.41) is 14.2. The van der Waals surface area contributed by atoms with E-state index in [1.54, 1.807) is 0 Å². The van der Waals surface area contributed by atoms with Crippen LogP contribution in [-0.4, -0.2) is 21.4 Å². The van der Waals surface area contributed by atoms with E-state index in [-0.39, 0.29) is 18.1 Å². The lowest BCUT2D eigenvalue weighted by molar-refractivity contribution is 0.0685.